The summed E-state index contributed by atoms with van der Waals surface area (Å²) in [6.07, 6.45) is -0.278. The van der Waals surface area contributed by atoms with E-state index < -0.39 is 12.0 Å². The van der Waals surface area contributed by atoms with Crippen molar-refractivity contribution < 1.29 is 18.0 Å². The van der Waals surface area contributed by atoms with Crippen LogP contribution in [0.3, 0.4) is 0 Å². The van der Waals surface area contributed by atoms with Crippen LogP contribution in [0.25, 0.3) is 11.2 Å². The molecule has 1 amide bonds. The third-order valence-corrected chi connectivity index (χ3v) is 5.36. The largest absolute Gasteiger partial charge is 0.453 e. The summed E-state index contributed by atoms with van der Waals surface area (Å²) in [5, 5.41) is 10.9. The third kappa shape index (κ3) is 3.56. The molecule has 1 aliphatic heterocycles. The van der Waals surface area contributed by atoms with Gasteiger partial charge in [0.1, 0.15) is 5.82 Å². The molecule has 1 aliphatic rings. The van der Waals surface area contributed by atoms with Crippen molar-refractivity contribution in [3.63, 3.8) is 0 Å². The molecule has 1 saturated heterocycles. The Hall–Kier alpha value is -3.63. The van der Waals surface area contributed by atoms with E-state index in [1.165, 1.54) is 6.07 Å². The fourth-order valence-corrected chi connectivity index (χ4v) is 3.83. The molecule has 11 heteroatoms. The maximum absolute atomic E-state index is 13.1. The van der Waals surface area contributed by atoms with Crippen LogP contribution in [-0.4, -0.2) is 61.2 Å². The van der Waals surface area contributed by atoms with Gasteiger partial charge in [-0.25, -0.2) is 0 Å². The molecular weight excluding hydrogens is 411 g/mol. The number of amides is 1. The maximum Gasteiger partial charge on any atom is 0.453 e. The molecule has 0 aliphatic carbocycles. The summed E-state index contributed by atoms with van der Waals surface area (Å²) in [5.74, 6) is -0.828. The number of halogens is 3. The van der Waals surface area contributed by atoms with Gasteiger partial charge in [0, 0.05) is 44.1 Å². The Kier molecular flexibility index (Phi) is 4.53. The molecule has 4 aromatic rings. The lowest BCUT2D eigenvalue weighted by molar-refractivity contribution is -0.146. The zero-order valence-corrected chi connectivity index (χ0v) is 16.3. The van der Waals surface area contributed by atoms with Crippen molar-refractivity contribution in [1.29, 1.82) is 0 Å². The van der Waals surface area contributed by atoms with Gasteiger partial charge in [-0.2, -0.15) is 17.7 Å². The molecule has 4 aromatic heterocycles. The van der Waals surface area contributed by atoms with Crippen LogP contribution in [0.1, 0.15) is 22.6 Å². The number of anilines is 1. The standard InChI is InChI=1S/C20H18F3N7O/c21-20(22,23)19-25-24-16-5-6-17(26-30(16)19)27-8-3-9-28(11-10-27)18(31)14-12-15-4-1-2-7-29(15)13-14/h1-2,4-7,12-13H,3,8-11H2. The predicted octanol–water partition coefficient (Wildman–Crippen LogP) is 2.75. The second kappa shape index (κ2) is 7.25. The quantitative estimate of drug-likeness (QED) is 0.490. The molecule has 0 atom stereocenters. The van der Waals surface area contributed by atoms with Crippen LogP contribution in [0.4, 0.5) is 19.0 Å². The molecule has 0 unspecified atom stereocenters. The number of nitrogens with zero attached hydrogens (tertiary/aromatic N) is 7. The summed E-state index contributed by atoms with van der Waals surface area (Å²) in [4.78, 5) is 16.6. The Balaban J connectivity index is 1.35. The maximum atomic E-state index is 13.1. The highest BCUT2D eigenvalue weighted by molar-refractivity contribution is 5.95. The van der Waals surface area contributed by atoms with E-state index in [0.717, 1.165) is 10.0 Å². The molecule has 0 bridgehead atoms. The van der Waals surface area contributed by atoms with Crippen LogP contribution < -0.4 is 4.90 Å². The Morgan fingerprint density at radius 1 is 1.00 bits per heavy atom. The van der Waals surface area contributed by atoms with E-state index in [9.17, 15) is 18.0 Å². The van der Waals surface area contributed by atoms with Crippen LogP contribution in [0, 0.1) is 0 Å². The van der Waals surface area contributed by atoms with Crippen molar-refractivity contribution in [3.8, 4) is 0 Å². The highest BCUT2D eigenvalue weighted by Gasteiger charge is 2.37. The Morgan fingerprint density at radius 2 is 1.87 bits per heavy atom. The van der Waals surface area contributed by atoms with E-state index in [4.69, 9.17) is 0 Å². The summed E-state index contributed by atoms with van der Waals surface area (Å²) < 4.78 is 42.1. The predicted molar refractivity (Wildman–Crippen MR) is 106 cm³/mol. The second-order valence-corrected chi connectivity index (χ2v) is 7.38. The normalized spacial score (nSPS) is 15.6. The van der Waals surface area contributed by atoms with Gasteiger partial charge >= 0.3 is 6.18 Å². The highest BCUT2D eigenvalue weighted by atomic mass is 19.4. The third-order valence-electron chi connectivity index (χ3n) is 5.36. The molecule has 0 spiro atoms. The molecule has 8 nitrogen and oxygen atoms in total. The topological polar surface area (TPSA) is 71.0 Å². The average molecular weight is 429 g/mol. The average Bonchev–Trinajstić information content (AvgIpc) is 3.30. The minimum atomic E-state index is -4.64. The van der Waals surface area contributed by atoms with Crippen molar-refractivity contribution in [2.45, 2.75) is 12.6 Å². The second-order valence-electron chi connectivity index (χ2n) is 7.38. The number of aromatic nitrogens is 5. The van der Waals surface area contributed by atoms with Crippen molar-refractivity contribution in [3.05, 3.63) is 60.2 Å². The Bertz CT molecular complexity index is 1230. The smallest absolute Gasteiger partial charge is 0.353 e. The van der Waals surface area contributed by atoms with Gasteiger partial charge in [0.25, 0.3) is 11.7 Å². The van der Waals surface area contributed by atoms with Crippen molar-refractivity contribution in [2.24, 2.45) is 0 Å². The molecule has 1 fully saturated rings. The lowest BCUT2D eigenvalue weighted by Crippen LogP contribution is -2.35. The first-order valence-electron chi connectivity index (χ1n) is 9.81. The zero-order chi connectivity index (χ0) is 21.6. The van der Waals surface area contributed by atoms with Gasteiger partial charge in [0.05, 0.1) is 5.56 Å². The number of hydrogen-bond donors (Lipinski definition) is 0. The lowest BCUT2D eigenvalue weighted by atomic mass is 10.2. The number of carbonyl (C=O) groups excluding carboxylic acids is 1. The van der Waals surface area contributed by atoms with Gasteiger partial charge in [-0.15, -0.1) is 15.3 Å². The van der Waals surface area contributed by atoms with Crippen molar-refractivity contribution in [1.82, 2.24) is 29.1 Å². The van der Waals surface area contributed by atoms with Crippen LogP contribution in [-0.2, 0) is 6.18 Å². The number of fused-ring (bicyclic) bond motifs is 2. The molecule has 0 saturated carbocycles. The van der Waals surface area contributed by atoms with Crippen LogP contribution in [0.2, 0.25) is 0 Å². The number of alkyl halides is 3. The zero-order valence-electron chi connectivity index (χ0n) is 16.3. The van der Waals surface area contributed by atoms with E-state index in [-0.39, 0.29) is 11.6 Å². The van der Waals surface area contributed by atoms with Crippen LogP contribution in [0.5, 0.6) is 0 Å². The highest BCUT2D eigenvalue weighted by Crippen LogP contribution is 2.28. The summed E-state index contributed by atoms with van der Waals surface area (Å²) in [6.45, 7) is 2.04. The summed E-state index contributed by atoms with van der Waals surface area (Å²) in [6, 6.07) is 10.7. The van der Waals surface area contributed by atoms with E-state index in [2.05, 4.69) is 15.3 Å². The van der Waals surface area contributed by atoms with E-state index in [0.29, 0.717) is 44.0 Å². The van der Waals surface area contributed by atoms with Gasteiger partial charge in [-0.3, -0.25) is 4.79 Å². The summed E-state index contributed by atoms with van der Waals surface area (Å²) in [7, 11) is 0. The number of pyridine rings is 1. The monoisotopic (exact) mass is 429 g/mol. The number of rotatable bonds is 2. The van der Waals surface area contributed by atoms with E-state index >= 15 is 0 Å². The number of carbonyl (C=O) groups is 1. The minimum absolute atomic E-state index is 0.0310. The summed E-state index contributed by atoms with van der Waals surface area (Å²) in [5.41, 5.74) is 1.58. The first kappa shape index (κ1) is 19.3. The molecule has 31 heavy (non-hydrogen) atoms. The van der Waals surface area contributed by atoms with Gasteiger partial charge in [0.2, 0.25) is 0 Å². The SMILES string of the molecule is O=C(c1cc2ccccn2c1)N1CCCN(c2ccc3nnc(C(F)(F)F)n3n2)CC1. The van der Waals surface area contributed by atoms with Gasteiger partial charge in [-0.1, -0.05) is 6.07 Å². The summed E-state index contributed by atoms with van der Waals surface area (Å²) >= 11 is 0. The van der Waals surface area contributed by atoms with E-state index in [1.807, 2.05) is 39.8 Å². The Labute approximate surface area is 174 Å². The Morgan fingerprint density at radius 3 is 2.68 bits per heavy atom. The molecule has 5 rings (SSSR count). The first-order chi connectivity index (χ1) is 14.9. The molecule has 5 heterocycles. The molecule has 0 N–H and O–H groups in total. The van der Waals surface area contributed by atoms with Crippen molar-refractivity contribution >= 4 is 22.9 Å². The van der Waals surface area contributed by atoms with Gasteiger partial charge < -0.3 is 14.2 Å². The minimum Gasteiger partial charge on any atom is -0.353 e. The van der Waals surface area contributed by atoms with Crippen molar-refractivity contribution in [2.75, 3.05) is 31.1 Å². The molecule has 0 radical (unpaired) electrons. The first-order valence-corrected chi connectivity index (χ1v) is 9.81. The fourth-order valence-electron chi connectivity index (χ4n) is 3.83. The van der Waals surface area contributed by atoms with Gasteiger partial charge in [0.15, 0.2) is 5.65 Å². The molecule has 0 aromatic carbocycles. The van der Waals surface area contributed by atoms with Crippen LogP contribution >= 0.6 is 0 Å². The fraction of sp³-hybridized carbons (Fsp3) is 0.300. The lowest BCUT2D eigenvalue weighted by Gasteiger charge is -2.22. The number of hydrogen-bond acceptors (Lipinski definition) is 5. The van der Waals surface area contributed by atoms with Gasteiger partial charge in [-0.05, 0) is 36.8 Å². The van der Waals surface area contributed by atoms with E-state index in [1.54, 1.807) is 17.2 Å². The van der Waals surface area contributed by atoms with Crippen LogP contribution in [0.15, 0.2) is 48.8 Å². The molecule has 160 valence electrons. The molecular formula is C20H18F3N7O.